The molecule has 0 spiro atoms. The summed E-state index contributed by atoms with van der Waals surface area (Å²) in [7, 11) is 1.85. The number of piperazine rings is 1. The van der Waals surface area contributed by atoms with E-state index in [0.29, 0.717) is 0 Å². The molecule has 0 aliphatic carbocycles. The van der Waals surface area contributed by atoms with E-state index in [1.165, 1.54) is 5.56 Å². The number of rotatable bonds is 8. The summed E-state index contributed by atoms with van der Waals surface area (Å²) in [5, 5.41) is 3.48. The first-order valence-electron chi connectivity index (χ1n) is 10.8. The van der Waals surface area contributed by atoms with Crippen LogP contribution in [-0.2, 0) is 6.54 Å². The van der Waals surface area contributed by atoms with E-state index in [9.17, 15) is 4.79 Å². The number of unbranched alkanes of at least 4 members (excludes halogenated alkanes) is 1. The minimum atomic E-state index is 0. The van der Waals surface area contributed by atoms with Crippen molar-refractivity contribution in [3.63, 3.8) is 0 Å². The zero-order chi connectivity index (χ0) is 21.0. The Morgan fingerprint density at radius 1 is 1.03 bits per heavy atom. The number of aryl methyl sites for hydroxylation is 1. The van der Waals surface area contributed by atoms with E-state index in [0.717, 1.165) is 64.6 Å². The average molecular weight is 535 g/mol. The van der Waals surface area contributed by atoms with Crippen molar-refractivity contribution >= 4 is 36.0 Å². The molecule has 1 saturated heterocycles. The Bertz CT molecular complexity index is 873. The summed E-state index contributed by atoms with van der Waals surface area (Å²) < 4.78 is 1.76. The average Bonchev–Trinajstić information content (AvgIpc) is 2.79. The van der Waals surface area contributed by atoms with E-state index < -0.39 is 0 Å². The quantitative estimate of drug-likeness (QED) is 0.244. The van der Waals surface area contributed by atoms with Crippen LogP contribution in [0.5, 0.6) is 0 Å². The molecule has 6 nitrogen and oxygen atoms in total. The minimum Gasteiger partial charge on any atom is -0.356 e. The van der Waals surface area contributed by atoms with Gasteiger partial charge in [0.05, 0.1) is 0 Å². The fourth-order valence-corrected chi connectivity index (χ4v) is 3.63. The van der Waals surface area contributed by atoms with Gasteiger partial charge in [-0.15, -0.1) is 24.0 Å². The molecule has 0 atom stereocenters. The van der Waals surface area contributed by atoms with Gasteiger partial charge in [-0.2, -0.15) is 0 Å². The maximum Gasteiger partial charge on any atom is 0.250 e. The van der Waals surface area contributed by atoms with Crippen molar-refractivity contribution < 1.29 is 0 Å². The lowest BCUT2D eigenvalue weighted by atomic mass is 10.2. The molecule has 1 fully saturated rings. The molecule has 7 heteroatoms. The second-order valence-electron chi connectivity index (χ2n) is 7.51. The van der Waals surface area contributed by atoms with Crippen molar-refractivity contribution in [1.82, 2.24) is 19.7 Å². The predicted molar refractivity (Wildman–Crippen MR) is 140 cm³/mol. The van der Waals surface area contributed by atoms with Crippen LogP contribution in [0.1, 0.15) is 18.4 Å². The van der Waals surface area contributed by atoms with Crippen molar-refractivity contribution in [3.05, 3.63) is 76.7 Å². The third-order valence-corrected chi connectivity index (χ3v) is 5.37. The predicted octanol–water partition coefficient (Wildman–Crippen LogP) is 3.15. The summed E-state index contributed by atoms with van der Waals surface area (Å²) in [6.45, 7) is 6.65. The molecule has 0 unspecified atom stereocenters. The first-order valence-corrected chi connectivity index (χ1v) is 10.8. The molecule has 0 amide bonds. The first kappa shape index (κ1) is 25.1. The van der Waals surface area contributed by atoms with Gasteiger partial charge in [-0.25, -0.2) is 0 Å². The van der Waals surface area contributed by atoms with Crippen molar-refractivity contribution in [2.24, 2.45) is 4.99 Å². The molecular weight excluding hydrogens is 501 g/mol. The number of nitrogens with one attached hydrogen (secondary N) is 1. The first-order chi connectivity index (χ1) is 14.8. The monoisotopic (exact) mass is 535 g/mol. The molecule has 1 aliphatic heterocycles. The lowest BCUT2D eigenvalue weighted by Gasteiger charge is -2.36. The van der Waals surface area contributed by atoms with Crippen molar-refractivity contribution in [2.45, 2.75) is 19.4 Å². The third kappa shape index (κ3) is 8.49. The smallest absolute Gasteiger partial charge is 0.250 e. The minimum absolute atomic E-state index is 0. The lowest BCUT2D eigenvalue weighted by molar-refractivity contribution is 0.194. The van der Waals surface area contributed by atoms with E-state index in [1.54, 1.807) is 16.7 Å². The fraction of sp³-hybridized carbons (Fsp3) is 0.417. The molecule has 2 aromatic rings. The van der Waals surface area contributed by atoms with Crippen LogP contribution in [0.2, 0.25) is 0 Å². The van der Waals surface area contributed by atoms with E-state index in [4.69, 9.17) is 0 Å². The number of pyridine rings is 1. The summed E-state index contributed by atoms with van der Waals surface area (Å²) in [5.74, 6) is 0.978. The Kier molecular flexibility index (Phi) is 11.4. The van der Waals surface area contributed by atoms with Crippen LogP contribution >= 0.6 is 24.0 Å². The zero-order valence-electron chi connectivity index (χ0n) is 18.3. The van der Waals surface area contributed by atoms with E-state index in [2.05, 4.69) is 56.5 Å². The van der Waals surface area contributed by atoms with Crippen LogP contribution in [-0.4, -0.2) is 66.6 Å². The maximum absolute atomic E-state index is 11.7. The molecule has 0 radical (unpaired) electrons. The van der Waals surface area contributed by atoms with Gasteiger partial charge >= 0.3 is 0 Å². The Morgan fingerprint density at radius 3 is 2.48 bits per heavy atom. The van der Waals surface area contributed by atoms with Gasteiger partial charge in [0, 0.05) is 65.1 Å². The highest BCUT2D eigenvalue weighted by molar-refractivity contribution is 14.0. The van der Waals surface area contributed by atoms with Crippen molar-refractivity contribution in [2.75, 3.05) is 46.3 Å². The summed E-state index contributed by atoms with van der Waals surface area (Å²) >= 11 is 0. The standard InChI is InChI=1S/C24H33N5O.HI/c1-25-24(26-14-6-8-17-28-16-7-5-13-23(28)30)29-20-18-27(19-21-29)15-9-12-22-10-3-2-4-11-22;/h2-5,7,9-13,16H,6,8,14-15,17-21H2,1H3,(H,25,26);1H/b12-9+;. The number of halogens is 1. The van der Waals surface area contributed by atoms with Gasteiger partial charge in [-0.1, -0.05) is 48.6 Å². The number of aromatic nitrogens is 1. The number of aliphatic imine (C=N–C) groups is 1. The van der Waals surface area contributed by atoms with Crippen LogP contribution in [0, 0.1) is 0 Å². The summed E-state index contributed by atoms with van der Waals surface area (Å²) in [5.41, 5.74) is 1.32. The fourth-order valence-electron chi connectivity index (χ4n) is 3.63. The number of guanidine groups is 1. The Labute approximate surface area is 202 Å². The van der Waals surface area contributed by atoms with Gasteiger partial charge in [0.1, 0.15) is 0 Å². The Balaban J connectivity index is 0.00000341. The van der Waals surface area contributed by atoms with Gasteiger partial charge in [-0.3, -0.25) is 14.7 Å². The molecule has 31 heavy (non-hydrogen) atoms. The summed E-state index contributed by atoms with van der Waals surface area (Å²) in [4.78, 5) is 21.0. The molecule has 1 aromatic heterocycles. The summed E-state index contributed by atoms with van der Waals surface area (Å²) in [6, 6.07) is 15.7. The highest BCUT2D eigenvalue weighted by Crippen LogP contribution is 2.05. The number of nitrogens with zero attached hydrogens (tertiary/aromatic N) is 4. The third-order valence-electron chi connectivity index (χ3n) is 5.37. The molecule has 1 aliphatic rings. The highest BCUT2D eigenvalue weighted by atomic mass is 127. The second kappa shape index (κ2) is 14.0. The van der Waals surface area contributed by atoms with Crippen LogP contribution in [0.3, 0.4) is 0 Å². The molecular formula is C24H34IN5O. The topological polar surface area (TPSA) is 52.9 Å². The Morgan fingerprint density at radius 2 is 1.77 bits per heavy atom. The van der Waals surface area contributed by atoms with Gasteiger partial charge < -0.3 is 14.8 Å². The van der Waals surface area contributed by atoms with Crippen molar-refractivity contribution in [3.8, 4) is 0 Å². The number of benzene rings is 1. The van der Waals surface area contributed by atoms with E-state index >= 15 is 0 Å². The SMILES string of the molecule is CN=C(NCCCCn1ccccc1=O)N1CCN(C/C=C/c2ccccc2)CC1.I. The van der Waals surface area contributed by atoms with Gasteiger partial charge in [0.25, 0.3) is 0 Å². The van der Waals surface area contributed by atoms with Gasteiger partial charge in [0.15, 0.2) is 5.96 Å². The lowest BCUT2D eigenvalue weighted by Crippen LogP contribution is -2.52. The molecule has 2 heterocycles. The maximum atomic E-state index is 11.7. The largest absolute Gasteiger partial charge is 0.356 e. The van der Waals surface area contributed by atoms with Crippen LogP contribution in [0.4, 0.5) is 0 Å². The molecule has 0 saturated carbocycles. The number of hydrogen-bond acceptors (Lipinski definition) is 3. The normalized spacial score (nSPS) is 15.1. The summed E-state index contributed by atoms with van der Waals surface area (Å²) in [6.07, 6.45) is 8.26. The zero-order valence-corrected chi connectivity index (χ0v) is 20.7. The van der Waals surface area contributed by atoms with E-state index in [1.807, 2.05) is 25.4 Å². The van der Waals surface area contributed by atoms with Crippen LogP contribution in [0.25, 0.3) is 6.08 Å². The van der Waals surface area contributed by atoms with Crippen molar-refractivity contribution in [1.29, 1.82) is 0 Å². The van der Waals surface area contributed by atoms with Gasteiger partial charge in [-0.05, 0) is 24.5 Å². The molecule has 3 rings (SSSR count). The van der Waals surface area contributed by atoms with E-state index in [-0.39, 0.29) is 29.5 Å². The second-order valence-corrected chi connectivity index (χ2v) is 7.51. The van der Waals surface area contributed by atoms with Gasteiger partial charge in [0.2, 0.25) is 5.56 Å². The molecule has 1 N–H and O–H groups in total. The molecule has 168 valence electrons. The number of hydrogen-bond donors (Lipinski definition) is 1. The Hall–Kier alpha value is -2.13. The van der Waals surface area contributed by atoms with Crippen LogP contribution in [0.15, 0.2) is 70.6 Å². The van der Waals surface area contributed by atoms with Crippen LogP contribution < -0.4 is 10.9 Å². The molecule has 0 bridgehead atoms. The highest BCUT2D eigenvalue weighted by Gasteiger charge is 2.18. The molecule has 1 aromatic carbocycles.